The van der Waals surface area contributed by atoms with Crippen molar-refractivity contribution in [3.05, 3.63) is 48.0 Å². The fourth-order valence-corrected chi connectivity index (χ4v) is 3.69. The number of anilines is 4. The van der Waals surface area contributed by atoms with Crippen LogP contribution in [-0.2, 0) is 9.59 Å². The topological polar surface area (TPSA) is 73.5 Å². The van der Waals surface area contributed by atoms with Gasteiger partial charge in [-0.1, -0.05) is 13.0 Å². The smallest absolute Gasteiger partial charge is 0.243 e. The van der Waals surface area contributed by atoms with Gasteiger partial charge < -0.3 is 20.9 Å². The van der Waals surface area contributed by atoms with Crippen LogP contribution in [-0.4, -0.2) is 31.4 Å². The van der Waals surface area contributed by atoms with Crippen LogP contribution in [0.2, 0.25) is 0 Å². The molecule has 1 heterocycles. The van der Waals surface area contributed by atoms with Gasteiger partial charge >= 0.3 is 0 Å². The van der Waals surface area contributed by atoms with Gasteiger partial charge in [0.2, 0.25) is 11.8 Å². The molecule has 1 fully saturated rings. The number of piperidine rings is 1. The highest BCUT2D eigenvalue weighted by Gasteiger charge is 2.11. The van der Waals surface area contributed by atoms with E-state index >= 15 is 0 Å². The van der Waals surface area contributed by atoms with Crippen molar-refractivity contribution in [2.24, 2.45) is 0 Å². The maximum atomic E-state index is 12.4. The zero-order valence-corrected chi connectivity index (χ0v) is 18.0. The van der Waals surface area contributed by atoms with Gasteiger partial charge in [0, 0.05) is 42.3 Å². The molecule has 0 spiro atoms. The summed E-state index contributed by atoms with van der Waals surface area (Å²) in [7, 11) is 0. The molecule has 3 N–H and O–H groups in total. The Morgan fingerprint density at radius 1 is 0.900 bits per heavy atom. The highest BCUT2D eigenvalue weighted by Crippen LogP contribution is 2.24. The predicted molar refractivity (Wildman–Crippen MR) is 124 cm³/mol. The van der Waals surface area contributed by atoms with Crippen LogP contribution in [0.3, 0.4) is 0 Å². The Labute approximate surface area is 179 Å². The fourth-order valence-electron chi connectivity index (χ4n) is 3.69. The molecule has 2 aromatic carbocycles. The van der Waals surface area contributed by atoms with Gasteiger partial charge in [0.25, 0.3) is 0 Å². The second kappa shape index (κ2) is 10.7. The Bertz CT molecular complexity index is 858. The van der Waals surface area contributed by atoms with Gasteiger partial charge in [-0.05, 0) is 74.6 Å². The highest BCUT2D eigenvalue weighted by molar-refractivity contribution is 5.95. The number of nitrogens with one attached hydrogen (secondary N) is 3. The van der Waals surface area contributed by atoms with E-state index in [1.807, 2.05) is 44.2 Å². The zero-order valence-electron chi connectivity index (χ0n) is 18.0. The average Bonchev–Trinajstić information content (AvgIpc) is 2.76. The fraction of sp³-hybridized carbons (Fsp3) is 0.417. The van der Waals surface area contributed by atoms with Crippen molar-refractivity contribution in [1.82, 2.24) is 0 Å². The van der Waals surface area contributed by atoms with Crippen molar-refractivity contribution in [3.8, 4) is 0 Å². The summed E-state index contributed by atoms with van der Waals surface area (Å²) < 4.78 is 0. The van der Waals surface area contributed by atoms with E-state index in [0.717, 1.165) is 42.1 Å². The van der Waals surface area contributed by atoms with Gasteiger partial charge in [0.05, 0.1) is 6.54 Å². The molecule has 1 saturated heterocycles. The standard InChI is InChI=1S/C24H32N4O2/c1-3-8-23(29)27-22-10-7-9-21(18(22)2)25-17-24(30)26-19-11-13-20(14-12-19)28-15-5-4-6-16-28/h7,9-14,25H,3-6,8,15-17H2,1-2H3,(H,26,30)(H,27,29). The first-order valence-corrected chi connectivity index (χ1v) is 10.8. The Hall–Kier alpha value is -3.02. The van der Waals surface area contributed by atoms with E-state index in [2.05, 4.69) is 33.0 Å². The third-order valence-corrected chi connectivity index (χ3v) is 5.40. The summed E-state index contributed by atoms with van der Waals surface area (Å²) in [6.45, 7) is 6.27. The van der Waals surface area contributed by atoms with Gasteiger partial charge in [-0.3, -0.25) is 9.59 Å². The molecule has 6 nitrogen and oxygen atoms in total. The summed E-state index contributed by atoms with van der Waals surface area (Å²) in [6, 6.07) is 13.7. The molecular weight excluding hydrogens is 376 g/mol. The Morgan fingerprint density at radius 3 is 2.30 bits per heavy atom. The molecule has 0 atom stereocenters. The minimum absolute atomic E-state index is 0.00323. The lowest BCUT2D eigenvalue weighted by molar-refractivity contribution is -0.116. The van der Waals surface area contributed by atoms with Crippen molar-refractivity contribution >= 4 is 34.6 Å². The number of hydrogen-bond donors (Lipinski definition) is 3. The Balaban J connectivity index is 1.52. The number of carbonyl (C=O) groups is 2. The van der Waals surface area contributed by atoms with E-state index in [9.17, 15) is 9.59 Å². The number of benzene rings is 2. The first kappa shape index (κ1) is 21.7. The summed E-state index contributed by atoms with van der Waals surface area (Å²) in [5.41, 5.74) is 4.52. The molecule has 2 aromatic rings. The van der Waals surface area contributed by atoms with Gasteiger partial charge in [-0.2, -0.15) is 0 Å². The lowest BCUT2D eigenvalue weighted by Gasteiger charge is -2.28. The third-order valence-electron chi connectivity index (χ3n) is 5.40. The third kappa shape index (κ3) is 5.99. The summed E-state index contributed by atoms with van der Waals surface area (Å²) >= 11 is 0. The molecule has 0 bridgehead atoms. The second-order valence-corrected chi connectivity index (χ2v) is 7.77. The van der Waals surface area contributed by atoms with Crippen LogP contribution in [0, 0.1) is 6.92 Å². The minimum Gasteiger partial charge on any atom is -0.376 e. The summed E-state index contributed by atoms with van der Waals surface area (Å²) in [5, 5.41) is 9.03. The number of nitrogens with zero attached hydrogens (tertiary/aromatic N) is 1. The van der Waals surface area contributed by atoms with Crippen LogP contribution in [0.1, 0.15) is 44.6 Å². The minimum atomic E-state index is -0.111. The lowest BCUT2D eigenvalue weighted by Crippen LogP contribution is -2.29. The average molecular weight is 409 g/mol. The van der Waals surface area contributed by atoms with Crippen LogP contribution in [0.15, 0.2) is 42.5 Å². The van der Waals surface area contributed by atoms with Gasteiger partial charge in [0.15, 0.2) is 0 Å². The Kier molecular flexibility index (Phi) is 7.71. The van der Waals surface area contributed by atoms with Crippen molar-refractivity contribution in [3.63, 3.8) is 0 Å². The Morgan fingerprint density at radius 2 is 1.60 bits per heavy atom. The van der Waals surface area contributed by atoms with Crippen molar-refractivity contribution < 1.29 is 9.59 Å². The largest absolute Gasteiger partial charge is 0.376 e. The maximum absolute atomic E-state index is 12.4. The number of carbonyl (C=O) groups excluding carboxylic acids is 2. The number of rotatable bonds is 8. The first-order chi connectivity index (χ1) is 14.6. The molecule has 0 unspecified atom stereocenters. The van der Waals surface area contributed by atoms with E-state index in [1.165, 1.54) is 24.9 Å². The molecule has 1 aliphatic rings. The monoisotopic (exact) mass is 408 g/mol. The molecule has 3 rings (SSSR count). The van der Waals surface area contributed by atoms with Crippen LogP contribution >= 0.6 is 0 Å². The first-order valence-electron chi connectivity index (χ1n) is 10.8. The second-order valence-electron chi connectivity index (χ2n) is 7.77. The van der Waals surface area contributed by atoms with Gasteiger partial charge in [-0.25, -0.2) is 0 Å². The normalized spacial score (nSPS) is 13.6. The quantitative estimate of drug-likeness (QED) is 0.588. The molecule has 0 aromatic heterocycles. The lowest BCUT2D eigenvalue weighted by atomic mass is 10.1. The molecule has 30 heavy (non-hydrogen) atoms. The van der Waals surface area contributed by atoms with E-state index in [1.54, 1.807) is 0 Å². The highest BCUT2D eigenvalue weighted by atomic mass is 16.2. The molecule has 2 amide bonds. The van der Waals surface area contributed by atoms with Gasteiger partial charge in [-0.15, -0.1) is 0 Å². The molecule has 160 valence electrons. The van der Waals surface area contributed by atoms with E-state index in [-0.39, 0.29) is 18.4 Å². The number of amides is 2. The summed E-state index contributed by atoms with van der Waals surface area (Å²) in [4.78, 5) is 26.6. The van der Waals surface area contributed by atoms with Crippen molar-refractivity contribution in [2.75, 3.05) is 40.5 Å². The van der Waals surface area contributed by atoms with E-state index < -0.39 is 0 Å². The van der Waals surface area contributed by atoms with Crippen LogP contribution in [0.25, 0.3) is 0 Å². The van der Waals surface area contributed by atoms with E-state index in [4.69, 9.17) is 0 Å². The van der Waals surface area contributed by atoms with Crippen LogP contribution < -0.4 is 20.9 Å². The van der Waals surface area contributed by atoms with Crippen molar-refractivity contribution in [1.29, 1.82) is 0 Å². The predicted octanol–water partition coefficient (Wildman–Crippen LogP) is 4.77. The van der Waals surface area contributed by atoms with E-state index in [0.29, 0.717) is 6.42 Å². The maximum Gasteiger partial charge on any atom is 0.243 e. The molecule has 0 radical (unpaired) electrons. The summed E-state index contributed by atoms with van der Waals surface area (Å²) in [5.74, 6) is -0.107. The molecule has 0 aliphatic carbocycles. The SMILES string of the molecule is CCCC(=O)Nc1cccc(NCC(=O)Nc2ccc(N3CCCCC3)cc2)c1C. The molecule has 0 saturated carbocycles. The van der Waals surface area contributed by atoms with Crippen molar-refractivity contribution in [2.45, 2.75) is 46.0 Å². The summed E-state index contributed by atoms with van der Waals surface area (Å²) in [6.07, 6.45) is 5.10. The molecule has 6 heteroatoms. The van der Waals surface area contributed by atoms with Gasteiger partial charge in [0.1, 0.15) is 0 Å². The zero-order chi connectivity index (χ0) is 21.3. The molecular formula is C24H32N4O2. The van der Waals surface area contributed by atoms with Crippen LogP contribution in [0.5, 0.6) is 0 Å². The van der Waals surface area contributed by atoms with Crippen LogP contribution in [0.4, 0.5) is 22.7 Å². The molecule has 1 aliphatic heterocycles. The number of hydrogen-bond acceptors (Lipinski definition) is 4.